The molecule has 7 heavy (non-hydrogen) atoms. The van der Waals surface area contributed by atoms with Gasteiger partial charge in [0.1, 0.15) is 0 Å². The van der Waals surface area contributed by atoms with Gasteiger partial charge >= 0.3 is 45.5 Å². The van der Waals surface area contributed by atoms with E-state index in [1.54, 1.807) is 7.11 Å². The Bertz CT molecular complexity index is 28.5. The van der Waals surface area contributed by atoms with Crippen molar-refractivity contribution in [3.8, 4) is 0 Å². The van der Waals surface area contributed by atoms with Crippen LogP contribution in [0.25, 0.3) is 0 Å². The van der Waals surface area contributed by atoms with Crippen molar-refractivity contribution < 1.29 is 12.7 Å². The summed E-state index contributed by atoms with van der Waals surface area (Å²) in [5, 5.41) is 8.12. The van der Waals surface area contributed by atoms with Crippen LogP contribution in [-0.4, -0.2) is 70.9 Å². The van der Waals surface area contributed by atoms with Gasteiger partial charge in [-0.2, -0.15) is 0 Å². The van der Waals surface area contributed by atoms with Crippen molar-refractivity contribution in [1.29, 1.82) is 0 Å². The van der Waals surface area contributed by atoms with Crippen LogP contribution in [0, 0.1) is 0 Å². The van der Waals surface area contributed by atoms with Gasteiger partial charge < -0.3 is 12.7 Å². The first-order valence-corrected chi connectivity index (χ1v) is 2.01. The summed E-state index contributed by atoms with van der Waals surface area (Å²) >= 11 is 0. The molecule has 0 fully saturated rings. The summed E-state index contributed by atoms with van der Waals surface area (Å²) < 4.78 is 4.62. The van der Waals surface area contributed by atoms with Crippen LogP contribution < -0.4 is 0 Å². The van der Waals surface area contributed by atoms with Gasteiger partial charge in [-0.3, -0.25) is 0 Å². The van der Waals surface area contributed by atoms with E-state index < -0.39 is 0 Å². The maximum atomic E-state index is 8.12. The fourth-order valence-corrected chi connectivity index (χ4v) is 0.209. The van der Waals surface area contributed by atoms with Gasteiger partial charge in [0, 0.05) is 20.3 Å². The monoisotopic (exact) mass is 180 g/mol. The molecule has 0 radical (unpaired) electrons. The second-order valence-corrected chi connectivity index (χ2v) is 1.07. The molecule has 1 N–H and O–H groups in total. The predicted octanol–water partition coefficient (Wildman–Crippen LogP) is -0.141. The molecule has 0 unspecified atom stereocenters. The van der Waals surface area contributed by atoms with Crippen molar-refractivity contribution in [3.05, 3.63) is 0 Å². The van der Waals surface area contributed by atoms with Gasteiger partial charge in [-0.05, 0) is 6.42 Å². The minimum atomic E-state index is 0. The van der Waals surface area contributed by atoms with E-state index in [4.69, 9.17) is 5.11 Å². The Labute approximate surface area is 84.1 Å². The number of hydrogen-bond acceptors (Lipinski definition) is 2. The molecule has 0 atom stereocenters. The van der Waals surface area contributed by atoms with E-state index in [0.717, 1.165) is 6.42 Å². The number of methoxy groups -OCH3 is 1. The largest absolute Gasteiger partial charge is 2.00 e. The van der Waals surface area contributed by atoms with E-state index in [1.807, 2.05) is 0 Å². The third-order valence-electron chi connectivity index (χ3n) is 0.507. The zero-order valence-electron chi connectivity index (χ0n) is 6.68. The van der Waals surface area contributed by atoms with Crippen molar-refractivity contribution in [3.63, 3.8) is 0 Å². The standard InChI is InChI=1S/C4H10O2.Sr.2H/c1-6-4-2-3-5;;;/h5H,2-4H2,1H3;;;/q;+2;2*-1. The number of aliphatic hydroxyl groups excluding tert-OH is 1. The first-order chi connectivity index (χ1) is 2.91. The molecule has 0 spiro atoms. The molecular weight excluding hydrogens is 168 g/mol. The molecule has 0 rings (SSSR count). The van der Waals surface area contributed by atoms with Crippen LogP contribution in [0.4, 0.5) is 0 Å². The van der Waals surface area contributed by atoms with Gasteiger partial charge in [-0.1, -0.05) is 0 Å². The van der Waals surface area contributed by atoms with Crippen LogP contribution >= 0.6 is 0 Å². The molecule has 2 nitrogen and oxygen atoms in total. The number of hydrogen-bond donors (Lipinski definition) is 1. The summed E-state index contributed by atoms with van der Waals surface area (Å²) in [6.45, 7) is 0.893. The van der Waals surface area contributed by atoms with Crippen LogP contribution in [0.3, 0.4) is 0 Å². The fraction of sp³-hybridized carbons (Fsp3) is 1.00. The molecule has 0 bridgehead atoms. The Morgan fingerprint density at radius 2 is 2.29 bits per heavy atom. The van der Waals surface area contributed by atoms with Crippen molar-refractivity contribution in [1.82, 2.24) is 0 Å². The van der Waals surface area contributed by atoms with E-state index in [2.05, 4.69) is 4.74 Å². The number of aliphatic hydroxyl groups is 1. The average Bonchev–Trinajstić information content (AvgIpc) is 1.61. The van der Waals surface area contributed by atoms with Gasteiger partial charge in [0.25, 0.3) is 0 Å². The summed E-state index contributed by atoms with van der Waals surface area (Å²) in [4.78, 5) is 0. The Hall–Kier alpha value is 1.40. The van der Waals surface area contributed by atoms with Crippen LogP contribution in [0.2, 0.25) is 0 Å². The first-order valence-electron chi connectivity index (χ1n) is 2.01. The van der Waals surface area contributed by atoms with Crippen LogP contribution in [0.15, 0.2) is 0 Å². The van der Waals surface area contributed by atoms with E-state index in [1.165, 1.54) is 0 Å². The molecule has 42 valence electrons. The fourth-order valence-electron chi connectivity index (χ4n) is 0.209. The normalized spacial score (nSPS) is 7.71. The maximum Gasteiger partial charge on any atom is 2.00 e. The summed E-state index contributed by atoms with van der Waals surface area (Å²) in [5.74, 6) is 0. The molecule has 0 saturated heterocycles. The predicted molar refractivity (Wildman–Crippen MR) is 31.6 cm³/mol. The molecule has 0 heterocycles. The molecule has 3 heteroatoms. The van der Waals surface area contributed by atoms with Gasteiger partial charge in [0.15, 0.2) is 0 Å². The minimum absolute atomic E-state index is 0. The van der Waals surface area contributed by atoms with Gasteiger partial charge in [0.05, 0.1) is 0 Å². The summed E-state index contributed by atoms with van der Waals surface area (Å²) in [6.07, 6.45) is 0.747. The maximum absolute atomic E-state index is 8.12. The molecular formula is C4H12O2Sr. The van der Waals surface area contributed by atoms with Gasteiger partial charge in [-0.15, -0.1) is 0 Å². The van der Waals surface area contributed by atoms with Crippen molar-refractivity contribution in [2.45, 2.75) is 6.42 Å². The van der Waals surface area contributed by atoms with Crippen molar-refractivity contribution in [2.75, 3.05) is 20.3 Å². The molecule has 0 aliphatic heterocycles. The topological polar surface area (TPSA) is 29.5 Å². The van der Waals surface area contributed by atoms with Crippen molar-refractivity contribution >= 4 is 45.5 Å². The summed E-state index contributed by atoms with van der Waals surface area (Å²) in [6, 6.07) is 0. The molecule has 0 aliphatic rings. The third kappa shape index (κ3) is 11.1. The zero-order valence-corrected chi connectivity index (χ0v) is 8.16. The average molecular weight is 180 g/mol. The molecule has 0 aliphatic carbocycles. The van der Waals surface area contributed by atoms with E-state index in [9.17, 15) is 0 Å². The summed E-state index contributed by atoms with van der Waals surface area (Å²) in [5.41, 5.74) is 0. The quantitative estimate of drug-likeness (QED) is 0.483. The second kappa shape index (κ2) is 10.4. The number of rotatable bonds is 3. The first kappa shape index (κ1) is 11.2. The SMILES string of the molecule is COCCCO.[H-].[H-].[Sr+2]. The Balaban J connectivity index is -0.0000000417. The second-order valence-electron chi connectivity index (χ2n) is 1.07. The van der Waals surface area contributed by atoms with Crippen LogP contribution in [0.5, 0.6) is 0 Å². The Morgan fingerprint density at radius 1 is 1.71 bits per heavy atom. The van der Waals surface area contributed by atoms with Gasteiger partial charge in [-0.25, -0.2) is 0 Å². The Morgan fingerprint density at radius 3 is 2.43 bits per heavy atom. The van der Waals surface area contributed by atoms with Crippen molar-refractivity contribution in [2.24, 2.45) is 0 Å². The zero-order chi connectivity index (χ0) is 4.83. The Kier molecular flexibility index (Phi) is 16.7. The molecule has 0 aromatic carbocycles. The smallest absolute Gasteiger partial charge is 1.00 e. The van der Waals surface area contributed by atoms with E-state index in [0.29, 0.717) is 6.61 Å². The molecule has 0 aromatic heterocycles. The van der Waals surface area contributed by atoms with Crippen LogP contribution in [0.1, 0.15) is 9.27 Å². The number of ether oxygens (including phenoxy) is 1. The van der Waals surface area contributed by atoms with E-state index in [-0.39, 0.29) is 54.9 Å². The summed E-state index contributed by atoms with van der Waals surface area (Å²) in [7, 11) is 1.62. The van der Waals surface area contributed by atoms with Gasteiger partial charge in [0.2, 0.25) is 0 Å². The minimum Gasteiger partial charge on any atom is -1.00 e. The third-order valence-corrected chi connectivity index (χ3v) is 0.507. The molecule has 0 saturated carbocycles. The van der Waals surface area contributed by atoms with Crippen LogP contribution in [-0.2, 0) is 4.74 Å². The van der Waals surface area contributed by atoms with E-state index >= 15 is 0 Å². The molecule has 0 aromatic rings. The molecule has 0 amide bonds.